The van der Waals surface area contributed by atoms with Crippen molar-refractivity contribution in [1.29, 1.82) is 0 Å². The summed E-state index contributed by atoms with van der Waals surface area (Å²) < 4.78 is 0. The van der Waals surface area contributed by atoms with Crippen LogP contribution in [0.25, 0.3) is 0 Å². The van der Waals surface area contributed by atoms with Crippen molar-refractivity contribution in [2.75, 3.05) is 6.54 Å². The van der Waals surface area contributed by atoms with Crippen molar-refractivity contribution in [1.82, 2.24) is 9.88 Å². The van der Waals surface area contributed by atoms with Gasteiger partial charge in [0.25, 0.3) is 0 Å². The fourth-order valence-corrected chi connectivity index (χ4v) is 3.80. The second-order valence-corrected chi connectivity index (χ2v) is 6.52. The number of allylic oxidation sites excluding steroid dienone is 2. The maximum absolute atomic E-state index is 12.6. The third kappa shape index (κ3) is 2.42. The number of hydrogen-bond acceptors (Lipinski definition) is 4. The van der Waals surface area contributed by atoms with E-state index in [0.29, 0.717) is 35.4 Å². The first-order valence-corrected chi connectivity index (χ1v) is 8.06. The fraction of sp³-hybridized carbons (Fsp3) is 0.444. The van der Waals surface area contributed by atoms with E-state index in [2.05, 4.69) is 4.98 Å². The Kier molecular flexibility index (Phi) is 3.99. The standard InChI is InChI=1S/C18H20N2O4/c1-9-15(11(3)21)10(2)19-16(9)14(22)8-20-17(23)12-6-4-5-7-13(12)18(20)24/h4-5,12-13,19H,6-8H2,1-3H3/t12-,13+. The Labute approximate surface area is 139 Å². The molecule has 24 heavy (non-hydrogen) atoms. The van der Waals surface area contributed by atoms with Crippen molar-refractivity contribution in [2.24, 2.45) is 11.8 Å². The second kappa shape index (κ2) is 5.85. The molecule has 0 spiro atoms. The van der Waals surface area contributed by atoms with Crippen LogP contribution in [0.15, 0.2) is 12.2 Å². The van der Waals surface area contributed by atoms with Crippen molar-refractivity contribution in [3.05, 3.63) is 34.7 Å². The molecule has 2 heterocycles. The number of likely N-dealkylation sites (tertiary alicyclic amines) is 1. The predicted molar refractivity (Wildman–Crippen MR) is 86.7 cm³/mol. The molecular weight excluding hydrogens is 308 g/mol. The Morgan fingerprint density at radius 2 is 1.67 bits per heavy atom. The molecule has 1 N–H and O–H groups in total. The third-order valence-electron chi connectivity index (χ3n) is 4.97. The molecule has 0 radical (unpaired) electrons. The second-order valence-electron chi connectivity index (χ2n) is 6.52. The lowest BCUT2D eigenvalue weighted by molar-refractivity contribution is -0.139. The summed E-state index contributed by atoms with van der Waals surface area (Å²) in [5.74, 6) is -1.68. The summed E-state index contributed by atoms with van der Waals surface area (Å²) in [5.41, 5.74) is 1.99. The number of H-pyrrole nitrogens is 1. The van der Waals surface area contributed by atoms with Crippen LogP contribution in [0.2, 0.25) is 0 Å². The number of hydrogen-bond donors (Lipinski definition) is 1. The minimum absolute atomic E-state index is 0.120. The minimum atomic E-state index is -0.351. The molecule has 2 aliphatic rings. The Bertz CT molecular complexity index is 761. The fourth-order valence-electron chi connectivity index (χ4n) is 3.80. The number of carbonyl (C=O) groups excluding carboxylic acids is 4. The van der Waals surface area contributed by atoms with Gasteiger partial charge in [-0.15, -0.1) is 0 Å². The molecule has 1 aliphatic carbocycles. The van der Waals surface area contributed by atoms with E-state index < -0.39 is 0 Å². The number of nitrogens with one attached hydrogen (secondary N) is 1. The summed E-state index contributed by atoms with van der Waals surface area (Å²) in [7, 11) is 0. The first-order chi connectivity index (χ1) is 11.3. The lowest BCUT2D eigenvalue weighted by atomic mass is 9.85. The number of imide groups is 1. The summed E-state index contributed by atoms with van der Waals surface area (Å²) in [5, 5.41) is 0. The number of rotatable bonds is 4. The van der Waals surface area contributed by atoms with Gasteiger partial charge in [-0.05, 0) is 39.2 Å². The Morgan fingerprint density at radius 1 is 1.12 bits per heavy atom. The van der Waals surface area contributed by atoms with E-state index in [-0.39, 0.29) is 41.8 Å². The molecule has 2 atom stereocenters. The first kappa shape index (κ1) is 16.4. The topological polar surface area (TPSA) is 87.3 Å². The van der Waals surface area contributed by atoms with Crippen LogP contribution >= 0.6 is 0 Å². The highest BCUT2D eigenvalue weighted by molar-refractivity contribution is 6.11. The number of carbonyl (C=O) groups is 4. The highest BCUT2D eigenvalue weighted by atomic mass is 16.2. The van der Waals surface area contributed by atoms with Crippen LogP contribution in [0, 0.1) is 25.7 Å². The van der Waals surface area contributed by atoms with E-state index in [1.54, 1.807) is 13.8 Å². The van der Waals surface area contributed by atoms with Gasteiger partial charge in [-0.25, -0.2) is 0 Å². The van der Waals surface area contributed by atoms with Gasteiger partial charge in [0.05, 0.1) is 24.1 Å². The van der Waals surface area contributed by atoms with Gasteiger partial charge in [0, 0.05) is 11.3 Å². The van der Waals surface area contributed by atoms with Crippen molar-refractivity contribution in [2.45, 2.75) is 33.6 Å². The van der Waals surface area contributed by atoms with Crippen LogP contribution in [0.1, 0.15) is 51.9 Å². The van der Waals surface area contributed by atoms with Crippen LogP contribution in [-0.4, -0.2) is 39.8 Å². The Morgan fingerprint density at radius 3 is 2.12 bits per heavy atom. The molecule has 0 bridgehead atoms. The van der Waals surface area contributed by atoms with Crippen molar-refractivity contribution >= 4 is 23.4 Å². The van der Waals surface area contributed by atoms with Crippen molar-refractivity contribution in [3.63, 3.8) is 0 Å². The lowest BCUT2D eigenvalue weighted by Crippen LogP contribution is -2.36. The minimum Gasteiger partial charge on any atom is -0.355 e. The number of amides is 2. The number of ketones is 2. The summed E-state index contributed by atoms with van der Waals surface area (Å²) >= 11 is 0. The maximum Gasteiger partial charge on any atom is 0.233 e. The smallest absolute Gasteiger partial charge is 0.233 e. The molecule has 1 fully saturated rings. The molecule has 1 aromatic rings. The maximum atomic E-state index is 12.6. The van der Waals surface area contributed by atoms with Crippen LogP contribution in [0.5, 0.6) is 0 Å². The molecule has 126 valence electrons. The van der Waals surface area contributed by atoms with E-state index in [1.807, 2.05) is 12.2 Å². The molecule has 0 aromatic carbocycles. The van der Waals surface area contributed by atoms with E-state index in [0.717, 1.165) is 4.90 Å². The van der Waals surface area contributed by atoms with E-state index in [9.17, 15) is 19.2 Å². The van der Waals surface area contributed by atoms with Crippen LogP contribution in [0.3, 0.4) is 0 Å². The molecule has 0 unspecified atom stereocenters. The summed E-state index contributed by atoms with van der Waals surface area (Å²) in [4.78, 5) is 53.2. The zero-order valence-electron chi connectivity index (χ0n) is 14.0. The predicted octanol–water partition coefficient (Wildman–Crippen LogP) is 1.97. The van der Waals surface area contributed by atoms with E-state index in [1.165, 1.54) is 6.92 Å². The highest BCUT2D eigenvalue weighted by Gasteiger charge is 2.47. The molecule has 2 amide bonds. The molecule has 1 aliphatic heterocycles. The lowest BCUT2D eigenvalue weighted by Gasteiger charge is -2.14. The Balaban J connectivity index is 1.83. The number of aromatic nitrogens is 1. The Hall–Kier alpha value is -2.50. The number of aryl methyl sites for hydroxylation is 1. The highest BCUT2D eigenvalue weighted by Crippen LogP contribution is 2.35. The van der Waals surface area contributed by atoms with E-state index in [4.69, 9.17) is 0 Å². The number of nitrogens with zero attached hydrogens (tertiary/aromatic N) is 1. The van der Waals surface area contributed by atoms with Gasteiger partial charge < -0.3 is 4.98 Å². The molecule has 1 saturated heterocycles. The summed E-state index contributed by atoms with van der Waals surface area (Å²) in [6.45, 7) is 4.60. The summed E-state index contributed by atoms with van der Waals surface area (Å²) in [6, 6.07) is 0. The molecule has 3 rings (SSSR count). The summed E-state index contributed by atoms with van der Waals surface area (Å²) in [6.07, 6.45) is 4.93. The zero-order chi connectivity index (χ0) is 17.6. The molecule has 0 saturated carbocycles. The zero-order valence-corrected chi connectivity index (χ0v) is 14.0. The first-order valence-electron chi connectivity index (χ1n) is 8.06. The van der Waals surface area contributed by atoms with Crippen molar-refractivity contribution < 1.29 is 19.2 Å². The van der Waals surface area contributed by atoms with Crippen LogP contribution < -0.4 is 0 Å². The van der Waals surface area contributed by atoms with Crippen LogP contribution in [-0.2, 0) is 9.59 Å². The molecule has 1 aromatic heterocycles. The quantitative estimate of drug-likeness (QED) is 0.520. The van der Waals surface area contributed by atoms with Gasteiger partial charge >= 0.3 is 0 Å². The van der Waals surface area contributed by atoms with Gasteiger partial charge in [-0.1, -0.05) is 12.2 Å². The SMILES string of the molecule is CC(=O)c1c(C)[nH]c(C(=O)CN2C(=O)[C@H]3CC=CC[C@H]3C2=O)c1C. The largest absolute Gasteiger partial charge is 0.355 e. The third-order valence-corrected chi connectivity index (χ3v) is 4.97. The number of Topliss-reactive ketones (excluding diaryl/α,β-unsaturated/α-hetero) is 2. The van der Waals surface area contributed by atoms with E-state index >= 15 is 0 Å². The normalized spacial score (nSPS) is 22.9. The number of fused-ring (bicyclic) bond motifs is 1. The van der Waals surface area contributed by atoms with Gasteiger partial charge in [0.15, 0.2) is 11.6 Å². The monoisotopic (exact) mass is 328 g/mol. The van der Waals surface area contributed by atoms with Gasteiger partial charge in [-0.2, -0.15) is 0 Å². The molecular formula is C18H20N2O4. The van der Waals surface area contributed by atoms with Crippen LogP contribution in [0.4, 0.5) is 0 Å². The van der Waals surface area contributed by atoms with Crippen molar-refractivity contribution in [3.8, 4) is 0 Å². The van der Waals surface area contributed by atoms with Gasteiger partial charge in [-0.3, -0.25) is 24.1 Å². The van der Waals surface area contributed by atoms with Gasteiger partial charge in [0.1, 0.15) is 0 Å². The average Bonchev–Trinajstić information content (AvgIpc) is 2.97. The average molecular weight is 328 g/mol. The molecule has 6 heteroatoms. The molecule has 6 nitrogen and oxygen atoms in total. The van der Waals surface area contributed by atoms with Gasteiger partial charge in [0.2, 0.25) is 11.8 Å². The number of aromatic amines is 1.